The minimum Gasteiger partial charge on any atom is -0.469 e. The van der Waals surface area contributed by atoms with Crippen molar-refractivity contribution in [1.29, 1.82) is 0 Å². The van der Waals surface area contributed by atoms with Crippen LogP contribution >= 0.6 is 34.5 Å². The first-order chi connectivity index (χ1) is 17.8. The first kappa shape index (κ1) is 27.6. The molecule has 0 unspecified atom stereocenters. The molecule has 1 fully saturated rings. The number of aryl methyl sites for hydroxylation is 1. The molecule has 7 nitrogen and oxygen atoms in total. The fourth-order valence-electron chi connectivity index (χ4n) is 4.80. The zero-order chi connectivity index (χ0) is 26.5. The van der Waals surface area contributed by atoms with Crippen LogP contribution in [0.4, 0.5) is 5.69 Å². The maximum Gasteiger partial charge on any atom is 0.334 e. The van der Waals surface area contributed by atoms with Gasteiger partial charge in [0.25, 0.3) is 5.91 Å². The maximum atomic E-state index is 14.2. The van der Waals surface area contributed by atoms with Crippen LogP contribution in [0.5, 0.6) is 0 Å². The predicted molar refractivity (Wildman–Crippen MR) is 144 cm³/mol. The van der Waals surface area contributed by atoms with Gasteiger partial charge in [-0.05, 0) is 75.5 Å². The van der Waals surface area contributed by atoms with Crippen LogP contribution in [-0.2, 0) is 36.8 Å². The Hall–Kier alpha value is -2.42. The molecule has 1 saturated carbocycles. The van der Waals surface area contributed by atoms with Gasteiger partial charge in [0, 0.05) is 28.4 Å². The molecule has 1 amide bonds. The number of carbonyl (C=O) groups is 3. The fraction of sp³-hybridized carbons (Fsp3) is 0.481. The van der Waals surface area contributed by atoms with E-state index in [2.05, 4.69) is 4.98 Å². The van der Waals surface area contributed by atoms with Gasteiger partial charge >= 0.3 is 11.9 Å². The number of anilines is 1. The lowest BCUT2D eigenvalue weighted by molar-refractivity contribution is -0.144. The van der Waals surface area contributed by atoms with E-state index in [1.165, 1.54) is 12.0 Å². The van der Waals surface area contributed by atoms with Crippen LogP contribution in [0, 0.1) is 6.92 Å². The molecule has 0 saturated heterocycles. The summed E-state index contributed by atoms with van der Waals surface area (Å²) in [6, 6.07) is 1.86. The molecule has 0 N–H and O–H groups in total. The highest BCUT2D eigenvalue weighted by molar-refractivity contribution is 7.17. The summed E-state index contributed by atoms with van der Waals surface area (Å²) in [5.41, 5.74) is 2.96. The van der Waals surface area contributed by atoms with Crippen molar-refractivity contribution in [3.63, 3.8) is 0 Å². The molecule has 4 rings (SSSR count). The number of hydrogen-bond acceptors (Lipinski definition) is 7. The number of methoxy groups -OCH3 is 1. The quantitative estimate of drug-likeness (QED) is 0.346. The van der Waals surface area contributed by atoms with Gasteiger partial charge in [-0.2, -0.15) is 0 Å². The number of halogens is 2. The lowest BCUT2D eigenvalue weighted by Gasteiger charge is -2.28. The Bertz CT molecular complexity index is 1220. The first-order valence-corrected chi connectivity index (χ1v) is 14.0. The predicted octanol–water partition coefficient (Wildman–Crippen LogP) is 6.36. The van der Waals surface area contributed by atoms with Crippen LogP contribution in [0.1, 0.15) is 67.4 Å². The highest BCUT2D eigenvalue weighted by atomic mass is 35.5. The Morgan fingerprint density at radius 1 is 1.11 bits per heavy atom. The van der Waals surface area contributed by atoms with E-state index in [0.29, 0.717) is 34.6 Å². The fourth-order valence-corrected chi connectivity index (χ4v) is 6.67. The standard InChI is InChI=1S/C27H30Cl2N2O5S/c1-16-11-12-30-14-17(16)15-31(24-23(28)21(37-25(24)29)13-22(32)35-2)26(33)19-9-5-6-10-20(19)27(34)36-18-7-3-4-8-18/h11-12,14,18H,3-10,13,15H2,1-2H3. The number of pyridine rings is 1. The molecule has 2 heterocycles. The van der Waals surface area contributed by atoms with Crippen LogP contribution in [-0.4, -0.2) is 36.0 Å². The summed E-state index contributed by atoms with van der Waals surface area (Å²) in [4.78, 5) is 45.5. The Morgan fingerprint density at radius 2 is 1.81 bits per heavy atom. The first-order valence-electron chi connectivity index (χ1n) is 12.5. The van der Waals surface area contributed by atoms with Crippen molar-refractivity contribution in [2.75, 3.05) is 12.0 Å². The van der Waals surface area contributed by atoms with E-state index in [-0.39, 0.29) is 34.3 Å². The Morgan fingerprint density at radius 3 is 2.49 bits per heavy atom. The Kier molecular flexibility index (Phi) is 9.27. The summed E-state index contributed by atoms with van der Waals surface area (Å²) in [6.45, 7) is 2.09. The van der Waals surface area contributed by atoms with Crippen molar-refractivity contribution in [2.24, 2.45) is 0 Å². The van der Waals surface area contributed by atoms with Crippen LogP contribution < -0.4 is 4.90 Å². The summed E-state index contributed by atoms with van der Waals surface area (Å²) in [5, 5.41) is 0.224. The molecule has 10 heteroatoms. The molecule has 0 atom stereocenters. The summed E-state index contributed by atoms with van der Waals surface area (Å²) in [7, 11) is 1.30. The van der Waals surface area contributed by atoms with Crippen LogP contribution in [0.15, 0.2) is 29.6 Å². The zero-order valence-electron chi connectivity index (χ0n) is 21.0. The second-order valence-corrected chi connectivity index (χ2v) is 11.5. The van der Waals surface area contributed by atoms with Crippen LogP contribution in [0.2, 0.25) is 9.36 Å². The lowest BCUT2D eigenvalue weighted by atomic mass is 9.90. The van der Waals surface area contributed by atoms with Crippen molar-refractivity contribution in [2.45, 2.75) is 77.4 Å². The molecule has 2 aliphatic rings. The molecule has 0 radical (unpaired) electrons. The third-order valence-electron chi connectivity index (χ3n) is 6.92. The number of nitrogens with zero attached hydrogens (tertiary/aromatic N) is 2. The SMILES string of the molecule is COC(=O)Cc1sc(Cl)c(N(Cc2cnccc2C)C(=O)C2=C(C(=O)OC3CCCC3)CCCC2)c1Cl. The highest BCUT2D eigenvalue weighted by Gasteiger charge is 2.33. The Labute approximate surface area is 230 Å². The molecule has 198 valence electrons. The van der Waals surface area contributed by atoms with E-state index in [4.69, 9.17) is 32.7 Å². The van der Waals surface area contributed by atoms with Gasteiger partial charge in [0.05, 0.1) is 30.8 Å². The van der Waals surface area contributed by atoms with E-state index >= 15 is 0 Å². The molecule has 2 aliphatic carbocycles. The summed E-state index contributed by atoms with van der Waals surface area (Å²) >= 11 is 14.5. The average Bonchev–Trinajstić information content (AvgIpc) is 3.50. The van der Waals surface area contributed by atoms with E-state index < -0.39 is 11.9 Å². The second-order valence-electron chi connectivity index (χ2n) is 9.38. The van der Waals surface area contributed by atoms with Gasteiger partial charge in [-0.25, -0.2) is 4.79 Å². The summed E-state index contributed by atoms with van der Waals surface area (Å²) < 4.78 is 10.9. The molecule has 2 aromatic heterocycles. The third kappa shape index (κ3) is 6.36. The van der Waals surface area contributed by atoms with Crippen molar-refractivity contribution < 1.29 is 23.9 Å². The van der Waals surface area contributed by atoms with E-state index in [1.54, 1.807) is 12.4 Å². The van der Waals surface area contributed by atoms with Crippen molar-refractivity contribution in [3.05, 3.63) is 55.0 Å². The van der Waals surface area contributed by atoms with Crippen molar-refractivity contribution in [1.82, 2.24) is 4.98 Å². The van der Waals surface area contributed by atoms with E-state index in [9.17, 15) is 14.4 Å². The minimum atomic E-state index is -0.459. The molecule has 2 aromatic rings. The number of aromatic nitrogens is 1. The van der Waals surface area contributed by atoms with E-state index in [0.717, 1.165) is 61.0 Å². The maximum absolute atomic E-state index is 14.2. The van der Waals surface area contributed by atoms with Gasteiger partial charge in [0.2, 0.25) is 0 Å². The van der Waals surface area contributed by atoms with Crippen LogP contribution in [0.3, 0.4) is 0 Å². The number of amides is 1. The van der Waals surface area contributed by atoms with Gasteiger partial charge in [0.15, 0.2) is 0 Å². The van der Waals surface area contributed by atoms with Gasteiger partial charge in [-0.15, -0.1) is 11.3 Å². The largest absolute Gasteiger partial charge is 0.469 e. The number of rotatable bonds is 8. The third-order valence-corrected chi connectivity index (χ3v) is 8.82. The molecule has 0 aromatic carbocycles. The van der Waals surface area contributed by atoms with Crippen molar-refractivity contribution in [3.8, 4) is 0 Å². The molecular weight excluding hydrogens is 535 g/mol. The molecule has 0 aliphatic heterocycles. The molecule has 37 heavy (non-hydrogen) atoms. The number of hydrogen-bond donors (Lipinski definition) is 0. The topological polar surface area (TPSA) is 85.8 Å². The van der Waals surface area contributed by atoms with Gasteiger partial charge in [0.1, 0.15) is 10.4 Å². The smallest absolute Gasteiger partial charge is 0.334 e. The zero-order valence-corrected chi connectivity index (χ0v) is 23.3. The summed E-state index contributed by atoms with van der Waals surface area (Å²) in [6.07, 6.45) is 9.61. The second kappa shape index (κ2) is 12.4. The van der Waals surface area contributed by atoms with Crippen LogP contribution in [0.25, 0.3) is 0 Å². The molecule has 0 bridgehead atoms. The number of thiophene rings is 1. The average molecular weight is 566 g/mol. The van der Waals surface area contributed by atoms with Gasteiger partial charge < -0.3 is 14.4 Å². The number of esters is 2. The van der Waals surface area contributed by atoms with Gasteiger partial charge in [-0.3, -0.25) is 14.6 Å². The Balaban J connectivity index is 1.75. The molecular formula is C27H30Cl2N2O5S. The van der Waals surface area contributed by atoms with Gasteiger partial charge in [-0.1, -0.05) is 23.2 Å². The lowest BCUT2D eigenvalue weighted by Crippen LogP contribution is -2.34. The molecule has 0 spiro atoms. The highest BCUT2D eigenvalue weighted by Crippen LogP contribution is 2.45. The summed E-state index contributed by atoms with van der Waals surface area (Å²) in [5.74, 6) is -1.20. The monoisotopic (exact) mass is 564 g/mol. The van der Waals surface area contributed by atoms with Crippen molar-refractivity contribution >= 4 is 58.1 Å². The number of carbonyl (C=O) groups excluding carboxylic acids is 3. The minimum absolute atomic E-state index is 0.0602. The number of ether oxygens (including phenoxy) is 2. The van der Waals surface area contributed by atoms with E-state index in [1.807, 2.05) is 13.0 Å². The normalized spacial score (nSPS) is 16.1.